The van der Waals surface area contributed by atoms with Gasteiger partial charge in [0.25, 0.3) is 0 Å². The Morgan fingerprint density at radius 3 is 2.50 bits per heavy atom. The minimum absolute atomic E-state index is 0. The Morgan fingerprint density at radius 1 is 1.27 bits per heavy atom. The summed E-state index contributed by atoms with van der Waals surface area (Å²) in [6.45, 7) is 5.88. The maximum absolute atomic E-state index is 11.9. The van der Waals surface area contributed by atoms with E-state index in [0.29, 0.717) is 11.6 Å². The fourth-order valence-electron chi connectivity index (χ4n) is 1.75. The number of hydrogen-bond donors (Lipinski definition) is 2. The van der Waals surface area contributed by atoms with Gasteiger partial charge in [0.05, 0.1) is 6.04 Å². The van der Waals surface area contributed by atoms with Crippen LogP contribution in [0.3, 0.4) is 0 Å². The third-order valence-electron chi connectivity index (χ3n) is 3.19. The summed E-state index contributed by atoms with van der Waals surface area (Å²) in [5, 5.41) is 12.2. The fraction of sp³-hybridized carbons (Fsp3) is 0.400. The van der Waals surface area contributed by atoms with Gasteiger partial charge in [-0.2, -0.15) is 0 Å². The number of benzene rings is 1. The SMILES string of the molecule is Cc1ccc(Cc2nnc(NC(=O)[C@@H](N)C(C)C)s2)cc1.Cl. The summed E-state index contributed by atoms with van der Waals surface area (Å²) in [5.74, 6) is -0.131. The van der Waals surface area contributed by atoms with E-state index in [0.717, 1.165) is 5.01 Å². The predicted molar refractivity (Wildman–Crippen MR) is 92.6 cm³/mol. The Hall–Kier alpha value is -1.50. The van der Waals surface area contributed by atoms with Crippen LogP contribution in [-0.2, 0) is 11.2 Å². The number of carbonyl (C=O) groups excluding carboxylic acids is 1. The fourth-order valence-corrected chi connectivity index (χ4v) is 2.52. The van der Waals surface area contributed by atoms with E-state index in [1.165, 1.54) is 22.5 Å². The monoisotopic (exact) mass is 340 g/mol. The Bertz CT molecular complexity index is 612. The van der Waals surface area contributed by atoms with Gasteiger partial charge in [-0.1, -0.05) is 55.0 Å². The van der Waals surface area contributed by atoms with Gasteiger partial charge in [0.1, 0.15) is 5.01 Å². The molecule has 1 atom stereocenters. The summed E-state index contributed by atoms with van der Waals surface area (Å²) in [4.78, 5) is 11.9. The average Bonchev–Trinajstić information content (AvgIpc) is 2.87. The molecule has 1 aromatic heterocycles. The van der Waals surface area contributed by atoms with E-state index in [-0.39, 0.29) is 24.2 Å². The number of carbonyl (C=O) groups is 1. The first kappa shape index (κ1) is 18.5. The van der Waals surface area contributed by atoms with Crippen LogP contribution in [0.2, 0.25) is 0 Å². The molecule has 0 aliphatic rings. The number of aromatic nitrogens is 2. The topological polar surface area (TPSA) is 80.9 Å². The highest BCUT2D eigenvalue weighted by atomic mass is 35.5. The zero-order valence-electron chi connectivity index (χ0n) is 12.9. The van der Waals surface area contributed by atoms with Crippen molar-refractivity contribution in [2.75, 3.05) is 5.32 Å². The number of halogens is 1. The second-order valence-electron chi connectivity index (χ2n) is 5.42. The van der Waals surface area contributed by atoms with Crippen LogP contribution in [0.4, 0.5) is 5.13 Å². The second kappa shape index (κ2) is 8.22. The zero-order chi connectivity index (χ0) is 15.4. The Kier molecular flexibility index (Phi) is 6.93. The number of hydrogen-bond acceptors (Lipinski definition) is 5. The molecule has 0 radical (unpaired) electrons. The lowest BCUT2D eigenvalue weighted by Crippen LogP contribution is -2.39. The average molecular weight is 341 g/mol. The van der Waals surface area contributed by atoms with Crippen molar-refractivity contribution in [2.45, 2.75) is 33.2 Å². The van der Waals surface area contributed by atoms with Crippen molar-refractivity contribution < 1.29 is 4.79 Å². The van der Waals surface area contributed by atoms with Gasteiger partial charge in [-0.05, 0) is 18.4 Å². The van der Waals surface area contributed by atoms with E-state index in [9.17, 15) is 4.79 Å². The lowest BCUT2D eigenvalue weighted by molar-refractivity contribution is -0.118. The highest BCUT2D eigenvalue weighted by Gasteiger charge is 2.18. The highest BCUT2D eigenvalue weighted by Crippen LogP contribution is 2.19. The summed E-state index contributed by atoms with van der Waals surface area (Å²) in [6.07, 6.45) is 0.712. The molecule has 0 spiro atoms. The molecule has 0 saturated carbocycles. The molecule has 2 aromatic rings. The summed E-state index contributed by atoms with van der Waals surface area (Å²) in [5.41, 5.74) is 8.20. The van der Waals surface area contributed by atoms with Crippen LogP contribution in [0.25, 0.3) is 0 Å². The van der Waals surface area contributed by atoms with Crippen molar-refractivity contribution in [3.63, 3.8) is 0 Å². The Balaban J connectivity index is 0.00000242. The van der Waals surface area contributed by atoms with E-state index in [1.807, 2.05) is 13.8 Å². The van der Waals surface area contributed by atoms with Crippen LogP contribution in [0.15, 0.2) is 24.3 Å². The molecule has 0 saturated heterocycles. The summed E-state index contributed by atoms with van der Waals surface area (Å²) in [6, 6.07) is 7.75. The molecule has 0 bridgehead atoms. The minimum atomic E-state index is -0.533. The molecule has 2 rings (SSSR count). The van der Waals surface area contributed by atoms with Crippen molar-refractivity contribution in [1.29, 1.82) is 0 Å². The van der Waals surface area contributed by atoms with Crippen LogP contribution in [0, 0.1) is 12.8 Å². The van der Waals surface area contributed by atoms with Crippen molar-refractivity contribution in [3.05, 3.63) is 40.4 Å². The van der Waals surface area contributed by atoms with Crippen molar-refractivity contribution >= 4 is 34.8 Å². The van der Waals surface area contributed by atoms with Crippen molar-refractivity contribution in [3.8, 4) is 0 Å². The van der Waals surface area contributed by atoms with E-state index in [2.05, 4.69) is 46.7 Å². The molecule has 22 heavy (non-hydrogen) atoms. The third-order valence-corrected chi connectivity index (χ3v) is 4.03. The van der Waals surface area contributed by atoms with Gasteiger partial charge in [0.2, 0.25) is 11.0 Å². The molecule has 0 aliphatic carbocycles. The van der Waals surface area contributed by atoms with E-state index in [4.69, 9.17) is 5.73 Å². The molecule has 0 fully saturated rings. The predicted octanol–water partition coefficient (Wildman–Crippen LogP) is 2.78. The standard InChI is InChI=1S/C15H20N4OS.ClH/c1-9(2)13(16)14(20)17-15-19-18-12(21-15)8-11-6-4-10(3)5-7-11;/h4-7,9,13H,8,16H2,1-3H3,(H,17,19,20);1H/t13-;/m0./s1. The number of amides is 1. The Morgan fingerprint density at radius 2 is 1.91 bits per heavy atom. The Labute approximate surface area is 140 Å². The highest BCUT2D eigenvalue weighted by molar-refractivity contribution is 7.15. The summed E-state index contributed by atoms with van der Waals surface area (Å²) >= 11 is 1.38. The zero-order valence-corrected chi connectivity index (χ0v) is 14.5. The third kappa shape index (κ3) is 5.05. The number of rotatable bonds is 5. The maximum atomic E-state index is 11.9. The van der Waals surface area contributed by atoms with Gasteiger partial charge < -0.3 is 5.73 Å². The molecule has 0 unspecified atom stereocenters. The minimum Gasteiger partial charge on any atom is -0.320 e. The number of aryl methyl sites for hydroxylation is 1. The number of nitrogens with two attached hydrogens (primary N) is 1. The van der Waals surface area contributed by atoms with Crippen molar-refractivity contribution in [2.24, 2.45) is 11.7 Å². The van der Waals surface area contributed by atoms with E-state index in [1.54, 1.807) is 0 Å². The first-order chi connectivity index (χ1) is 9.95. The van der Waals surface area contributed by atoms with Gasteiger partial charge in [0, 0.05) is 6.42 Å². The molecule has 0 aliphatic heterocycles. The molecule has 5 nitrogen and oxygen atoms in total. The van der Waals surface area contributed by atoms with Crippen LogP contribution in [-0.4, -0.2) is 22.1 Å². The molecule has 120 valence electrons. The molecule has 3 N–H and O–H groups in total. The van der Waals surface area contributed by atoms with Gasteiger partial charge in [-0.3, -0.25) is 10.1 Å². The van der Waals surface area contributed by atoms with Crippen LogP contribution < -0.4 is 11.1 Å². The molecule has 1 amide bonds. The molecular formula is C15H21ClN4OS. The van der Waals surface area contributed by atoms with E-state index < -0.39 is 6.04 Å². The van der Waals surface area contributed by atoms with Crippen LogP contribution >= 0.6 is 23.7 Å². The first-order valence-electron chi connectivity index (χ1n) is 6.90. The lowest BCUT2D eigenvalue weighted by Gasteiger charge is -2.13. The molecule has 7 heteroatoms. The number of nitrogens with one attached hydrogen (secondary N) is 1. The number of anilines is 1. The van der Waals surface area contributed by atoms with Gasteiger partial charge in [-0.25, -0.2) is 0 Å². The maximum Gasteiger partial charge on any atom is 0.243 e. The summed E-state index contributed by atoms with van der Waals surface area (Å²) < 4.78 is 0. The number of nitrogens with zero attached hydrogens (tertiary/aromatic N) is 2. The van der Waals surface area contributed by atoms with Crippen LogP contribution in [0.5, 0.6) is 0 Å². The van der Waals surface area contributed by atoms with Gasteiger partial charge >= 0.3 is 0 Å². The first-order valence-corrected chi connectivity index (χ1v) is 7.71. The summed E-state index contributed by atoms with van der Waals surface area (Å²) in [7, 11) is 0. The smallest absolute Gasteiger partial charge is 0.243 e. The second-order valence-corrected chi connectivity index (χ2v) is 6.48. The lowest BCUT2D eigenvalue weighted by atomic mass is 10.1. The quantitative estimate of drug-likeness (QED) is 0.877. The largest absolute Gasteiger partial charge is 0.320 e. The van der Waals surface area contributed by atoms with E-state index >= 15 is 0 Å². The van der Waals surface area contributed by atoms with Crippen molar-refractivity contribution in [1.82, 2.24) is 10.2 Å². The molecule has 1 aromatic carbocycles. The van der Waals surface area contributed by atoms with Gasteiger partial charge in [0.15, 0.2) is 0 Å². The molecule has 1 heterocycles. The van der Waals surface area contributed by atoms with Crippen LogP contribution in [0.1, 0.15) is 30.0 Å². The molecular weight excluding hydrogens is 320 g/mol. The normalized spacial score (nSPS) is 11.9. The van der Waals surface area contributed by atoms with Gasteiger partial charge in [-0.15, -0.1) is 22.6 Å².